The first-order chi connectivity index (χ1) is 4.83. The van der Waals surface area contributed by atoms with E-state index in [9.17, 15) is 0 Å². The molecule has 0 spiro atoms. The lowest BCUT2D eigenvalue weighted by atomic mass is 10.3. The Kier molecular flexibility index (Phi) is 9.21. The fraction of sp³-hybridized carbons (Fsp3) is 0.286. The molecule has 0 saturated carbocycles. The quantitative estimate of drug-likeness (QED) is 0.842. The van der Waals surface area contributed by atoms with Gasteiger partial charge in [-0.2, -0.15) is 0 Å². The third-order valence-corrected chi connectivity index (χ3v) is 1.35. The van der Waals surface area contributed by atoms with Gasteiger partial charge in [-0.1, -0.05) is 11.6 Å². The van der Waals surface area contributed by atoms with Gasteiger partial charge in [0, 0.05) is 18.9 Å². The lowest BCUT2D eigenvalue weighted by Crippen LogP contribution is -2.04. The Bertz CT molecular complexity index is 218. The lowest BCUT2D eigenvalue weighted by Gasteiger charge is -1.97. The minimum absolute atomic E-state index is 0. The van der Waals surface area contributed by atoms with Crippen LogP contribution in [0, 0.1) is 0 Å². The molecule has 0 aromatic carbocycles. The summed E-state index contributed by atoms with van der Waals surface area (Å²) in [5.41, 5.74) is 1.11. The van der Waals surface area contributed by atoms with Crippen LogP contribution in [0.1, 0.15) is 5.56 Å². The third kappa shape index (κ3) is 4.78. The molecule has 0 aliphatic heterocycles. The topological polar surface area (TPSA) is 24.9 Å². The second-order valence-electron chi connectivity index (χ2n) is 2.04. The van der Waals surface area contributed by atoms with E-state index >= 15 is 0 Å². The van der Waals surface area contributed by atoms with Gasteiger partial charge in [-0.3, -0.25) is 4.98 Å². The van der Waals surface area contributed by atoms with Gasteiger partial charge in [-0.25, -0.2) is 0 Å². The van der Waals surface area contributed by atoms with Crippen LogP contribution in [-0.4, -0.2) is 12.0 Å². The van der Waals surface area contributed by atoms with E-state index in [2.05, 4.69) is 10.3 Å². The monoisotopic (exact) mass is 228 g/mol. The van der Waals surface area contributed by atoms with E-state index in [0.29, 0.717) is 5.02 Å². The molecule has 1 aromatic heterocycles. The van der Waals surface area contributed by atoms with Crippen molar-refractivity contribution in [1.82, 2.24) is 10.3 Å². The highest BCUT2D eigenvalue weighted by molar-refractivity contribution is 6.30. The molecular weight excluding hydrogens is 218 g/mol. The van der Waals surface area contributed by atoms with E-state index in [-0.39, 0.29) is 24.8 Å². The maximum atomic E-state index is 5.69. The van der Waals surface area contributed by atoms with Crippen molar-refractivity contribution in [2.75, 3.05) is 7.05 Å². The standard InChI is InChI=1S/C7H9ClN2.2ClH/c1-9-3-6-2-7(8)5-10-4-6;;/h2,4-5,9H,3H2,1H3;2*1H. The highest BCUT2D eigenvalue weighted by atomic mass is 35.5. The van der Waals surface area contributed by atoms with Crippen LogP contribution in [0.3, 0.4) is 0 Å². The Labute approximate surface area is 89.5 Å². The van der Waals surface area contributed by atoms with Crippen molar-refractivity contribution in [2.45, 2.75) is 6.54 Å². The summed E-state index contributed by atoms with van der Waals surface area (Å²) in [5.74, 6) is 0. The molecule has 0 aliphatic carbocycles. The second-order valence-corrected chi connectivity index (χ2v) is 2.48. The molecule has 5 heteroatoms. The van der Waals surface area contributed by atoms with Gasteiger partial charge < -0.3 is 5.32 Å². The van der Waals surface area contributed by atoms with Gasteiger partial charge in [0.2, 0.25) is 0 Å². The van der Waals surface area contributed by atoms with E-state index in [1.165, 1.54) is 0 Å². The SMILES string of the molecule is CNCc1cncc(Cl)c1.Cl.Cl. The average Bonchev–Trinajstić information content (AvgIpc) is 1.88. The maximum absolute atomic E-state index is 5.69. The molecule has 0 unspecified atom stereocenters. The number of pyridine rings is 1. The van der Waals surface area contributed by atoms with E-state index in [1.807, 2.05) is 13.1 Å². The van der Waals surface area contributed by atoms with Gasteiger partial charge >= 0.3 is 0 Å². The molecule has 2 nitrogen and oxygen atoms in total. The van der Waals surface area contributed by atoms with E-state index in [0.717, 1.165) is 12.1 Å². The smallest absolute Gasteiger partial charge is 0.0592 e. The summed E-state index contributed by atoms with van der Waals surface area (Å²) < 4.78 is 0. The fourth-order valence-corrected chi connectivity index (χ4v) is 0.953. The minimum Gasteiger partial charge on any atom is -0.316 e. The zero-order valence-corrected chi connectivity index (χ0v) is 8.97. The Morgan fingerprint density at radius 3 is 2.58 bits per heavy atom. The summed E-state index contributed by atoms with van der Waals surface area (Å²) in [6, 6.07) is 1.89. The van der Waals surface area contributed by atoms with Crippen LogP contribution in [0.5, 0.6) is 0 Å². The van der Waals surface area contributed by atoms with Crippen LogP contribution in [0.25, 0.3) is 0 Å². The molecule has 1 rings (SSSR count). The number of nitrogens with one attached hydrogen (secondary N) is 1. The van der Waals surface area contributed by atoms with E-state index in [4.69, 9.17) is 11.6 Å². The molecule has 0 radical (unpaired) electrons. The number of nitrogens with zero attached hydrogens (tertiary/aromatic N) is 1. The summed E-state index contributed by atoms with van der Waals surface area (Å²) in [7, 11) is 1.89. The Balaban J connectivity index is 0. The van der Waals surface area contributed by atoms with E-state index < -0.39 is 0 Å². The van der Waals surface area contributed by atoms with Crippen molar-refractivity contribution in [3.05, 3.63) is 29.0 Å². The predicted molar refractivity (Wildman–Crippen MR) is 56.5 cm³/mol. The van der Waals surface area contributed by atoms with Gasteiger partial charge in [-0.05, 0) is 18.7 Å². The van der Waals surface area contributed by atoms with Gasteiger partial charge in [0.25, 0.3) is 0 Å². The second kappa shape index (κ2) is 7.62. The largest absolute Gasteiger partial charge is 0.316 e. The van der Waals surface area contributed by atoms with Crippen molar-refractivity contribution in [1.29, 1.82) is 0 Å². The van der Waals surface area contributed by atoms with Crippen LogP contribution >= 0.6 is 36.4 Å². The third-order valence-electron chi connectivity index (χ3n) is 1.14. The average molecular weight is 230 g/mol. The molecule has 1 N–H and O–H groups in total. The van der Waals surface area contributed by atoms with Gasteiger partial charge in [0.15, 0.2) is 0 Å². The van der Waals surface area contributed by atoms with Crippen molar-refractivity contribution in [2.24, 2.45) is 0 Å². The molecule has 0 aliphatic rings. The van der Waals surface area contributed by atoms with E-state index in [1.54, 1.807) is 12.4 Å². The molecular formula is C7H11Cl3N2. The summed E-state index contributed by atoms with van der Waals surface area (Å²) >= 11 is 5.69. The molecule has 0 atom stereocenters. The molecule has 0 saturated heterocycles. The summed E-state index contributed by atoms with van der Waals surface area (Å²) in [4.78, 5) is 3.93. The highest BCUT2D eigenvalue weighted by Gasteiger charge is 1.90. The first kappa shape index (κ1) is 14.5. The number of rotatable bonds is 2. The summed E-state index contributed by atoms with van der Waals surface area (Å²) in [5, 5.41) is 3.70. The minimum atomic E-state index is 0. The highest BCUT2D eigenvalue weighted by Crippen LogP contribution is 2.07. The molecule has 1 aromatic rings. The lowest BCUT2D eigenvalue weighted by molar-refractivity contribution is 0.813. The zero-order valence-electron chi connectivity index (χ0n) is 6.58. The first-order valence-electron chi connectivity index (χ1n) is 3.07. The van der Waals surface area contributed by atoms with Crippen molar-refractivity contribution in [3.8, 4) is 0 Å². The fourth-order valence-electron chi connectivity index (χ4n) is 0.757. The molecule has 12 heavy (non-hydrogen) atoms. The Hall–Kier alpha value is -0.0200. The van der Waals surface area contributed by atoms with Crippen molar-refractivity contribution >= 4 is 36.4 Å². The zero-order chi connectivity index (χ0) is 7.40. The molecule has 1 heterocycles. The summed E-state index contributed by atoms with van der Waals surface area (Å²) in [6.07, 6.45) is 3.42. The molecule has 0 fully saturated rings. The van der Waals surface area contributed by atoms with Crippen LogP contribution < -0.4 is 5.32 Å². The molecule has 0 amide bonds. The number of halogens is 3. The van der Waals surface area contributed by atoms with Gasteiger partial charge in [0.05, 0.1) is 5.02 Å². The van der Waals surface area contributed by atoms with Crippen LogP contribution in [-0.2, 0) is 6.54 Å². The number of aromatic nitrogens is 1. The number of hydrogen-bond acceptors (Lipinski definition) is 2. The van der Waals surface area contributed by atoms with Crippen molar-refractivity contribution in [3.63, 3.8) is 0 Å². The van der Waals surface area contributed by atoms with Gasteiger partial charge in [0.1, 0.15) is 0 Å². The molecule has 0 bridgehead atoms. The van der Waals surface area contributed by atoms with Crippen LogP contribution in [0.2, 0.25) is 5.02 Å². The van der Waals surface area contributed by atoms with Gasteiger partial charge in [-0.15, -0.1) is 24.8 Å². The summed E-state index contributed by atoms with van der Waals surface area (Å²) in [6.45, 7) is 0.813. The number of hydrogen-bond donors (Lipinski definition) is 1. The normalized spacial score (nSPS) is 8.17. The maximum Gasteiger partial charge on any atom is 0.0592 e. The van der Waals surface area contributed by atoms with Crippen LogP contribution in [0.4, 0.5) is 0 Å². The molecule has 70 valence electrons. The van der Waals surface area contributed by atoms with Crippen molar-refractivity contribution < 1.29 is 0 Å². The Morgan fingerprint density at radius 1 is 1.42 bits per heavy atom. The predicted octanol–water partition coefficient (Wildman–Crippen LogP) is 2.30. The van der Waals surface area contributed by atoms with Crippen LogP contribution in [0.15, 0.2) is 18.5 Å². The Morgan fingerprint density at radius 2 is 2.08 bits per heavy atom. The first-order valence-corrected chi connectivity index (χ1v) is 3.45.